The van der Waals surface area contributed by atoms with Gasteiger partial charge in [-0.15, -0.1) is 0 Å². The summed E-state index contributed by atoms with van der Waals surface area (Å²) in [4.78, 5) is 0. The Morgan fingerprint density at radius 1 is 0.431 bits per heavy atom. The molecule has 0 radical (unpaired) electrons. The van der Waals surface area contributed by atoms with Crippen molar-refractivity contribution in [3.8, 4) is 0 Å². The molecule has 0 bridgehead atoms. The van der Waals surface area contributed by atoms with Crippen LogP contribution in [0.2, 0.25) is 0 Å². The molecular weight excluding hydrogens is 1360 g/mol. The van der Waals surface area contributed by atoms with Gasteiger partial charge in [0.25, 0.3) is 0 Å². The predicted molar refractivity (Wildman–Crippen MR) is 342 cm³/mol. The number of aliphatic hydroxyl groups is 22. The summed E-state index contributed by atoms with van der Waals surface area (Å²) in [5.41, 5.74) is -4.23. The summed E-state index contributed by atoms with van der Waals surface area (Å²) < 4.78 is 71.9. The van der Waals surface area contributed by atoms with Crippen molar-refractivity contribution in [1.29, 1.82) is 0 Å². The lowest BCUT2D eigenvalue weighted by Gasteiger charge is -2.75. The van der Waals surface area contributed by atoms with Gasteiger partial charge in [-0.25, -0.2) is 0 Å². The molecule has 0 amide bonds. The third-order valence-corrected chi connectivity index (χ3v) is 26.6. The quantitative estimate of drug-likeness (QED) is 0.0423. The maximum atomic E-state index is 13.2. The first-order valence-corrected chi connectivity index (χ1v) is 35.8. The second kappa shape index (κ2) is 31.3. The van der Waals surface area contributed by atoms with Gasteiger partial charge in [-0.05, 0) is 98.7 Å². The van der Waals surface area contributed by atoms with Crippen molar-refractivity contribution >= 4 is 0 Å². The Hall–Kier alpha value is -1.62. The van der Waals surface area contributed by atoms with E-state index in [4.69, 9.17) is 56.8 Å². The van der Waals surface area contributed by atoms with Gasteiger partial charge >= 0.3 is 0 Å². The summed E-state index contributed by atoms with van der Waals surface area (Å²) in [6, 6.07) is 0. The van der Waals surface area contributed by atoms with Crippen LogP contribution in [-0.4, -0.2) is 360 Å². The van der Waals surface area contributed by atoms with Gasteiger partial charge in [0.2, 0.25) is 0 Å². The summed E-state index contributed by atoms with van der Waals surface area (Å²) in [6.07, 6.45) is -49.8. The van der Waals surface area contributed by atoms with Crippen LogP contribution in [0.1, 0.15) is 121 Å². The maximum absolute atomic E-state index is 13.2. The molecule has 6 saturated heterocycles. The smallest absolute Gasteiger partial charge is 0.187 e. The third-order valence-electron chi connectivity index (χ3n) is 26.6. The van der Waals surface area contributed by atoms with Gasteiger partial charge < -0.3 is 169 Å². The van der Waals surface area contributed by atoms with Gasteiger partial charge in [-0.3, -0.25) is 0 Å². The number of aliphatic hydroxyl groups excluding tert-OH is 21. The zero-order chi connectivity index (χ0) is 75.4. The molecule has 34 heteroatoms. The molecule has 0 aromatic rings. The molecule has 10 rings (SSSR count). The Morgan fingerprint density at radius 3 is 1.22 bits per heavy atom. The van der Waals surface area contributed by atoms with Crippen molar-refractivity contribution in [2.45, 2.75) is 329 Å². The zero-order valence-electron chi connectivity index (χ0n) is 59.4. The van der Waals surface area contributed by atoms with E-state index in [0.29, 0.717) is 32.1 Å². The number of fused-ring (bicyclic) bond motifs is 5. The van der Waals surface area contributed by atoms with Crippen LogP contribution in [0.3, 0.4) is 0 Å². The van der Waals surface area contributed by atoms with E-state index < -0.39 is 280 Å². The van der Waals surface area contributed by atoms with Crippen LogP contribution in [0.5, 0.6) is 0 Å². The van der Waals surface area contributed by atoms with Crippen LogP contribution in [0.15, 0.2) is 11.6 Å². The Bertz CT molecular complexity index is 2780. The van der Waals surface area contributed by atoms with Crippen LogP contribution >= 0.6 is 0 Å². The minimum absolute atomic E-state index is 0.00969. The first-order valence-electron chi connectivity index (χ1n) is 35.8. The molecule has 9 fully saturated rings. The first-order chi connectivity index (χ1) is 47.7. The van der Waals surface area contributed by atoms with Crippen LogP contribution in [-0.2, 0) is 56.8 Å². The largest absolute Gasteiger partial charge is 0.394 e. The second-order valence-electron chi connectivity index (χ2n) is 32.6. The third kappa shape index (κ3) is 14.0. The van der Waals surface area contributed by atoms with E-state index in [1.165, 1.54) is 13.8 Å². The number of ether oxygens (including phenoxy) is 12. The molecule has 10 aliphatic rings. The highest BCUT2D eigenvalue weighted by atomic mass is 16.8. The number of hydrogen-bond donors (Lipinski definition) is 22. The highest BCUT2D eigenvalue weighted by Gasteiger charge is 2.78. The SMILES string of the molecule is C[C@H](CC[C@@H](OC1O[C@H](CO)[C@@H](OC2O[C@H](CO)[C@@H](OC3O[C@H](CO)[C@@H](O)[C@H](O)[C@H]3O)[C@H](O)[C@H]2O)[C@H](O)[C@H]1OC1O[C@H](CO)[C@@H](O)[C@H](O)[C@H]1O)C(C)(C)O)C1CC[C@@]2(C)[C@]3(C)CC=C4C(C)(C)[C@@H](OC5O[C@H](CO)[C@@H](OC6O[C@H](CO)[C@@H](O)[C@H](O)[C@H]6O)[C@H](O)[C@H]5O)CC[C@@]4(C)[C@]3(C)C(O)C[C@]12C. The molecule has 40 atom stereocenters. The minimum Gasteiger partial charge on any atom is -0.394 e. The van der Waals surface area contributed by atoms with Crippen LogP contribution < -0.4 is 0 Å². The van der Waals surface area contributed by atoms with Gasteiger partial charge in [0.1, 0.15) is 146 Å². The van der Waals surface area contributed by atoms with Crippen molar-refractivity contribution < 1.29 is 169 Å². The van der Waals surface area contributed by atoms with Crippen LogP contribution in [0.25, 0.3) is 0 Å². The molecular formula is C68H116O34. The van der Waals surface area contributed by atoms with Crippen LogP contribution in [0, 0.1) is 44.3 Å². The van der Waals surface area contributed by atoms with E-state index in [9.17, 15) is 112 Å². The van der Waals surface area contributed by atoms with E-state index >= 15 is 0 Å². The normalized spacial score (nSPS) is 52.7. The number of hydrogen-bond acceptors (Lipinski definition) is 34. The Morgan fingerprint density at radius 2 is 0.804 bits per heavy atom. The maximum Gasteiger partial charge on any atom is 0.187 e. The molecule has 0 aromatic heterocycles. The lowest BCUT2D eigenvalue weighted by molar-refractivity contribution is -0.399. The van der Waals surface area contributed by atoms with Gasteiger partial charge in [0, 0.05) is 10.8 Å². The van der Waals surface area contributed by atoms with E-state index in [1.54, 1.807) is 0 Å². The van der Waals surface area contributed by atoms with E-state index in [1.807, 2.05) is 13.8 Å². The van der Waals surface area contributed by atoms with Gasteiger partial charge in [-0.1, -0.05) is 67.0 Å². The molecule has 34 nitrogen and oxygen atoms in total. The van der Waals surface area contributed by atoms with E-state index in [2.05, 4.69) is 47.6 Å². The molecule has 6 heterocycles. The molecule has 3 saturated carbocycles. The Kier molecular flexibility index (Phi) is 25.4. The highest BCUT2D eigenvalue weighted by molar-refractivity contribution is 5.39. The fraction of sp³-hybridized carbons (Fsp3) is 0.971. The summed E-state index contributed by atoms with van der Waals surface area (Å²) in [7, 11) is 0. The lowest BCUT2D eigenvalue weighted by Crippen LogP contribution is -2.72. The van der Waals surface area contributed by atoms with Gasteiger partial charge in [0.15, 0.2) is 37.7 Å². The van der Waals surface area contributed by atoms with Crippen molar-refractivity contribution in [3.63, 3.8) is 0 Å². The highest BCUT2D eigenvalue weighted by Crippen LogP contribution is 2.82. The monoisotopic (exact) mass is 1480 g/mol. The number of allylic oxidation sites excluding steroid dienone is 1. The summed E-state index contributed by atoms with van der Waals surface area (Å²) in [5, 5.41) is 241. The standard InChI is InChI=1S/C68H116O34/c1-26(27-13-17-66(8)65(27,7)19-35(75)68(10)64(6)16-15-36(62(2,3)34(64)14-18-67(66,68)9)97-56-49(87)44(82)52(31(23-72)94-56)99-57-46(84)41(79)38(76)28(20-69)91-57)11-12-37(63(4,5)90)98-61-55(102-59-48(86)43(81)40(78)30(22-71)93-59)51(89)54(33(25-74)96-61)101-60-50(88)45(83)53(32(24-73)95-60)100-58-47(85)42(80)39(77)29(21-70)92-58/h14,26-33,35-61,69-90H,11-13,15-25H2,1-10H3/t26-,27?,28-,29-,30-,31-,32-,33-,35?,36+,37-,38-,39-,40-,41+,42+,43+,44-,45-,46-,47-,48-,49-,50-,51+,52-,53-,54-,55-,56?,57?,58?,59?,60?,61?,64-,65-,66-,67+,68+/m1/s1. The average molecular weight is 1480 g/mol. The van der Waals surface area contributed by atoms with Crippen molar-refractivity contribution in [3.05, 3.63) is 11.6 Å². The average Bonchev–Trinajstić information content (AvgIpc) is 1.06. The minimum atomic E-state index is -2.14. The van der Waals surface area contributed by atoms with Crippen molar-refractivity contribution in [1.82, 2.24) is 0 Å². The summed E-state index contributed by atoms with van der Waals surface area (Å²) >= 11 is 0. The van der Waals surface area contributed by atoms with Crippen molar-refractivity contribution in [2.75, 3.05) is 39.6 Å². The molecule has 22 N–H and O–H groups in total. The van der Waals surface area contributed by atoms with Gasteiger partial charge in [-0.2, -0.15) is 0 Å². The molecule has 592 valence electrons. The lowest BCUT2D eigenvalue weighted by atomic mass is 9.29. The van der Waals surface area contributed by atoms with Crippen LogP contribution in [0.4, 0.5) is 0 Å². The Labute approximate surface area is 591 Å². The fourth-order valence-corrected chi connectivity index (χ4v) is 19.8. The van der Waals surface area contributed by atoms with Gasteiger partial charge in [0.05, 0.1) is 63.6 Å². The summed E-state index contributed by atoms with van der Waals surface area (Å²) in [6.45, 7) is 15.3. The molecule has 4 aliphatic carbocycles. The van der Waals surface area contributed by atoms with E-state index in [-0.39, 0.29) is 18.3 Å². The number of rotatable bonds is 23. The molecule has 102 heavy (non-hydrogen) atoms. The first kappa shape index (κ1) is 82.9. The predicted octanol–water partition coefficient (Wildman–Crippen LogP) is -6.80. The molecule has 0 aromatic carbocycles. The van der Waals surface area contributed by atoms with Crippen molar-refractivity contribution in [2.24, 2.45) is 44.3 Å². The topological polar surface area (TPSA) is 556 Å². The molecule has 0 spiro atoms. The molecule has 8 unspecified atom stereocenters. The second-order valence-corrected chi connectivity index (χ2v) is 32.6. The molecule has 6 aliphatic heterocycles. The summed E-state index contributed by atoms with van der Waals surface area (Å²) in [5.74, 6) is -0.119. The van der Waals surface area contributed by atoms with E-state index in [0.717, 1.165) is 18.4 Å². The fourth-order valence-electron chi connectivity index (χ4n) is 19.8. The zero-order valence-corrected chi connectivity index (χ0v) is 59.4. The Balaban J connectivity index is 0.843.